The SMILES string of the molecule is Cc1ccc(SCC(=O)Cc2cccnc2N)cc1. The molecule has 0 saturated carbocycles. The van der Waals surface area contributed by atoms with E-state index in [1.807, 2.05) is 37.3 Å². The van der Waals surface area contributed by atoms with E-state index in [0.29, 0.717) is 18.0 Å². The van der Waals surface area contributed by atoms with Crippen LogP contribution < -0.4 is 5.73 Å². The zero-order chi connectivity index (χ0) is 13.7. The lowest BCUT2D eigenvalue weighted by Crippen LogP contribution is -2.08. The second-order valence-electron chi connectivity index (χ2n) is 4.36. The largest absolute Gasteiger partial charge is 0.383 e. The van der Waals surface area contributed by atoms with Crippen LogP contribution in [0.4, 0.5) is 5.82 Å². The van der Waals surface area contributed by atoms with Gasteiger partial charge in [-0.25, -0.2) is 4.98 Å². The van der Waals surface area contributed by atoms with Gasteiger partial charge in [0.15, 0.2) is 0 Å². The number of pyridine rings is 1. The third kappa shape index (κ3) is 4.10. The van der Waals surface area contributed by atoms with Gasteiger partial charge in [0.25, 0.3) is 0 Å². The molecule has 1 aromatic heterocycles. The lowest BCUT2D eigenvalue weighted by molar-refractivity contribution is -0.116. The summed E-state index contributed by atoms with van der Waals surface area (Å²) in [4.78, 5) is 17.0. The molecule has 0 saturated heterocycles. The van der Waals surface area contributed by atoms with Crippen molar-refractivity contribution in [2.45, 2.75) is 18.2 Å². The molecule has 0 unspecified atom stereocenters. The minimum Gasteiger partial charge on any atom is -0.383 e. The molecule has 0 radical (unpaired) electrons. The summed E-state index contributed by atoms with van der Waals surface area (Å²) in [6.45, 7) is 2.05. The first-order chi connectivity index (χ1) is 9.15. The topological polar surface area (TPSA) is 56.0 Å². The molecule has 4 heteroatoms. The van der Waals surface area contributed by atoms with Crippen LogP contribution in [0.25, 0.3) is 0 Å². The third-order valence-electron chi connectivity index (χ3n) is 2.73. The highest BCUT2D eigenvalue weighted by Gasteiger charge is 2.07. The molecule has 0 amide bonds. The van der Waals surface area contributed by atoms with Gasteiger partial charge in [0.05, 0.1) is 5.75 Å². The van der Waals surface area contributed by atoms with Gasteiger partial charge in [0.1, 0.15) is 11.6 Å². The van der Waals surface area contributed by atoms with Crippen molar-refractivity contribution in [1.29, 1.82) is 0 Å². The zero-order valence-electron chi connectivity index (χ0n) is 10.8. The molecule has 98 valence electrons. The van der Waals surface area contributed by atoms with E-state index in [1.54, 1.807) is 24.0 Å². The molecule has 2 N–H and O–H groups in total. The number of aryl methyl sites for hydroxylation is 1. The van der Waals surface area contributed by atoms with Crippen molar-refractivity contribution in [1.82, 2.24) is 4.98 Å². The summed E-state index contributed by atoms with van der Waals surface area (Å²) in [5, 5.41) is 0. The van der Waals surface area contributed by atoms with Gasteiger partial charge in [0.2, 0.25) is 0 Å². The first-order valence-electron chi connectivity index (χ1n) is 6.05. The molecule has 2 rings (SSSR count). The van der Waals surface area contributed by atoms with Crippen molar-refractivity contribution in [2.24, 2.45) is 0 Å². The number of thioether (sulfide) groups is 1. The van der Waals surface area contributed by atoms with Crippen molar-refractivity contribution >= 4 is 23.4 Å². The normalized spacial score (nSPS) is 10.4. The molecule has 0 aliphatic carbocycles. The number of nitrogen functional groups attached to an aromatic ring is 1. The van der Waals surface area contributed by atoms with Gasteiger partial charge in [0, 0.05) is 23.1 Å². The van der Waals surface area contributed by atoms with Crippen LogP contribution in [0.2, 0.25) is 0 Å². The summed E-state index contributed by atoms with van der Waals surface area (Å²) in [6.07, 6.45) is 1.98. The lowest BCUT2D eigenvalue weighted by atomic mass is 10.1. The minimum absolute atomic E-state index is 0.158. The van der Waals surface area contributed by atoms with Crippen LogP contribution in [0, 0.1) is 6.92 Å². The molecule has 0 aliphatic rings. The van der Waals surface area contributed by atoms with Crippen LogP contribution in [0.1, 0.15) is 11.1 Å². The van der Waals surface area contributed by atoms with Gasteiger partial charge in [-0.3, -0.25) is 4.79 Å². The Hall–Kier alpha value is -1.81. The highest BCUT2D eigenvalue weighted by molar-refractivity contribution is 8.00. The molecule has 1 heterocycles. The maximum absolute atomic E-state index is 11.9. The number of aromatic nitrogens is 1. The van der Waals surface area contributed by atoms with Crippen molar-refractivity contribution < 1.29 is 4.79 Å². The molecular weight excluding hydrogens is 256 g/mol. The quantitative estimate of drug-likeness (QED) is 0.850. The Labute approximate surface area is 117 Å². The van der Waals surface area contributed by atoms with E-state index in [0.717, 1.165) is 10.5 Å². The van der Waals surface area contributed by atoms with Crippen LogP contribution in [-0.2, 0) is 11.2 Å². The van der Waals surface area contributed by atoms with Gasteiger partial charge < -0.3 is 5.73 Å². The van der Waals surface area contributed by atoms with Crippen molar-refractivity contribution in [3.63, 3.8) is 0 Å². The van der Waals surface area contributed by atoms with Gasteiger partial charge in [-0.2, -0.15) is 0 Å². The summed E-state index contributed by atoms with van der Waals surface area (Å²) in [5.41, 5.74) is 7.75. The van der Waals surface area contributed by atoms with Crippen LogP contribution in [0.5, 0.6) is 0 Å². The molecule has 2 aromatic rings. The van der Waals surface area contributed by atoms with E-state index < -0.39 is 0 Å². The van der Waals surface area contributed by atoms with Crippen LogP contribution >= 0.6 is 11.8 Å². The van der Waals surface area contributed by atoms with Gasteiger partial charge in [-0.05, 0) is 25.1 Å². The number of rotatable bonds is 5. The van der Waals surface area contributed by atoms with Gasteiger partial charge >= 0.3 is 0 Å². The summed E-state index contributed by atoms with van der Waals surface area (Å²) in [6, 6.07) is 11.8. The number of ketones is 1. The number of hydrogen-bond acceptors (Lipinski definition) is 4. The highest BCUT2D eigenvalue weighted by Crippen LogP contribution is 2.19. The first-order valence-corrected chi connectivity index (χ1v) is 7.04. The Balaban J connectivity index is 1.88. The van der Waals surface area contributed by atoms with E-state index in [-0.39, 0.29) is 5.78 Å². The van der Waals surface area contributed by atoms with E-state index in [4.69, 9.17) is 5.73 Å². The fourth-order valence-corrected chi connectivity index (χ4v) is 2.42. The van der Waals surface area contributed by atoms with Gasteiger partial charge in [-0.15, -0.1) is 11.8 Å². The standard InChI is InChI=1S/C15H16N2OS/c1-11-4-6-14(7-5-11)19-10-13(18)9-12-3-2-8-17-15(12)16/h2-8H,9-10H2,1H3,(H2,16,17). The Morgan fingerprint density at radius 2 is 2.00 bits per heavy atom. The number of benzene rings is 1. The van der Waals surface area contributed by atoms with Crippen LogP contribution in [0.3, 0.4) is 0 Å². The average molecular weight is 272 g/mol. The molecule has 0 atom stereocenters. The Kier molecular flexibility index (Phi) is 4.58. The van der Waals surface area contributed by atoms with Crippen molar-refractivity contribution in [3.05, 3.63) is 53.7 Å². The summed E-state index contributed by atoms with van der Waals surface area (Å²) in [7, 11) is 0. The maximum atomic E-state index is 11.9. The number of carbonyl (C=O) groups is 1. The fourth-order valence-electron chi connectivity index (χ4n) is 1.66. The molecular formula is C15H16N2OS. The fraction of sp³-hybridized carbons (Fsp3) is 0.200. The zero-order valence-corrected chi connectivity index (χ0v) is 11.6. The Morgan fingerprint density at radius 3 is 2.68 bits per heavy atom. The smallest absolute Gasteiger partial charge is 0.147 e. The van der Waals surface area contributed by atoms with E-state index in [2.05, 4.69) is 4.98 Å². The molecule has 1 aromatic carbocycles. The van der Waals surface area contributed by atoms with Crippen LogP contribution in [0.15, 0.2) is 47.5 Å². The molecule has 0 bridgehead atoms. The monoisotopic (exact) mass is 272 g/mol. The summed E-state index contributed by atoms with van der Waals surface area (Å²) < 4.78 is 0. The summed E-state index contributed by atoms with van der Waals surface area (Å²) in [5.74, 6) is 1.05. The second kappa shape index (κ2) is 6.38. The molecule has 19 heavy (non-hydrogen) atoms. The number of nitrogens with zero attached hydrogens (tertiary/aromatic N) is 1. The summed E-state index contributed by atoms with van der Waals surface area (Å²) >= 11 is 1.55. The van der Waals surface area contributed by atoms with Gasteiger partial charge in [-0.1, -0.05) is 23.8 Å². The Morgan fingerprint density at radius 1 is 1.26 bits per heavy atom. The lowest BCUT2D eigenvalue weighted by Gasteiger charge is -2.04. The molecule has 0 aliphatic heterocycles. The number of hydrogen-bond donors (Lipinski definition) is 1. The third-order valence-corrected chi connectivity index (χ3v) is 3.81. The number of nitrogens with two attached hydrogens (primary N) is 1. The molecule has 3 nitrogen and oxygen atoms in total. The van der Waals surface area contributed by atoms with Crippen molar-refractivity contribution in [2.75, 3.05) is 11.5 Å². The molecule has 0 spiro atoms. The van der Waals surface area contributed by atoms with Crippen LogP contribution in [-0.4, -0.2) is 16.5 Å². The number of anilines is 1. The van der Waals surface area contributed by atoms with E-state index >= 15 is 0 Å². The first kappa shape index (κ1) is 13.6. The second-order valence-corrected chi connectivity index (χ2v) is 5.41. The number of Topliss-reactive ketones (excluding diaryl/α,β-unsaturated/α-hetero) is 1. The van der Waals surface area contributed by atoms with E-state index in [1.165, 1.54) is 5.56 Å². The predicted molar refractivity (Wildman–Crippen MR) is 79.3 cm³/mol. The number of carbonyl (C=O) groups excluding carboxylic acids is 1. The maximum Gasteiger partial charge on any atom is 0.147 e. The minimum atomic E-state index is 0.158. The highest BCUT2D eigenvalue weighted by atomic mass is 32.2. The van der Waals surface area contributed by atoms with E-state index in [9.17, 15) is 4.79 Å². The average Bonchev–Trinajstić information content (AvgIpc) is 2.41. The predicted octanol–water partition coefficient (Wildman–Crippen LogP) is 2.88. The van der Waals surface area contributed by atoms with Crippen molar-refractivity contribution in [3.8, 4) is 0 Å². The Bertz CT molecular complexity index is 567. The molecule has 0 fully saturated rings.